The maximum absolute atomic E-state index is 5.26. The van der Waals surface area contributed by atoms with Crippen LogP contribution in [0, 0.1) is 0 Å². The van der Waals surface area contributed by atoms with Crippen molar-refractivity contribution in [3.8, 4) is 5.75 Å². The van der Waals surface area contributed by atoms with Gasteiger partial charge in [-0.2, -0.15) is 0 Å². The summed E-state index contributed by atoms with van der Waals surface area (Å²) < 4.78 is 5.26. The van der Waals surface area contributed by atoms with Crippen molar-refractivity contribution in [2.45, 2.75) is 6.04 Å². The molecule has 26 heavy (non-hydrogen) atoms. The number of ether oxygens (including phenoxy) is 1. The Bertz CT molecular complexity index is 993. The predicted molar refractivity (Wildman–Crippen MR) is 109 cm³/mol. The number of nitrogens with one attached hydrogen (secondary N) is 1. The fraction of sp³-hybridized carbons (Fsp3) is 0.0833. The molecule has 128 valence electrons. The smallest absolute Gasteiger partial charge is 0.119 e. The second kappa shape index (κ2) is 7.32. The van der Waals surface area contributed by atoms with Gasteiger partial charge in [-0.05, 0) is 52.2 Å². The van der Waals surface area contributed by atoms with Crippen LogP contribution in [0.15, 0.2) is 97.1 Å². The van der Waals surface area contributed by atoms with Gasteiger partial charge in [-0.1, -0.05) is 66.7 Å². The van der Waals surface area contributed by atoms with E-state index in [4.69, 9.17) is 4.74 Å². The summed E-state index contributed by atoms with van der Waals surface area (Å²) in [7, 11) is 1.68. The van der Waals surface area contributed by atoms with Crippen molar-refractivity contribution in [2.24, 2.45) is 0 Å². The Morgan fingerprint density at radius 2 is 1.35 bits per heavy atom. The average molecular weight is 339 g/mol. The quantitative estimate of drug-likeness (QED) is 0.478. The summed E-state index contributed by atoms with van der Waals surface area (Å²) in [6.07, 6.45) is 0. The summed E-state index contributed by atoms with van der Waals surface area (Å²) in [4.78, 5) is 0. The Morgan fingerprint density at radius 1 is 0.654 bits per heavy atom. The molecule has 0 amide bonds. The van der Waals surface area contributed by atoms with Gasteiger partial charge >= 0.3 is 0 Å². The summed E-state index contributed by atoms with van der Waals surface area (Å²) in [5, 5.41) is 6.18. The standard InChI is InChI=1S/C24H21NO/c1-26-23-15-13-22(14-16-23)25-24(19-8-3-2-4-9-19)21-12-11-18-7-5-6-10-20(18)17-21/h2-17,24-25H,1H3. The molecule has 0 radical (unpaired) electrons. The van der Waals surface area contributed by atoms with Crippen LogP contribution in [0.2, 0.25) is 0 Å². The van der Waals surface area contributed by atoms with E-state index >= 15 is 0 Å². The molecule has 1 N–H and O–H groups in total. The topological polar surface area (TPSA) is 21.3 Å². The van der Waals surface area contributed by atoms with E-state index in [9.17, 15) is 0 Å². The minimum atomic E-state index is 0.0780. The van der Waals surface area contributed by atoms with Crippen LogP contribution in [-0.2, 0) is 0 Å². The first kappa shape index (κ1) is 16.2. The molecular formula is C24H21NO. The summed E-state index contributed by atoms with van der Waals surface area (Å²) in [6, 6.07) is 33.8. The molecule has 1 atom stereocenters. The maximum atomic E-state index is 5.26. The summed E-state index contributed by atoms with van der Waals surface area (Å²) in [5.74, 6) is 0.859. The van der Waals surface area contributed by atoms with Gasteiger partial charge in [-0.15, -0.1) is 0 Å². The molecule has 4 rings (SSSR count). The third-order valence-electron chi connectivity index (χ3n) is 4.64. The van der Waals surface area contributed by atoms with Crippen molar-refractivity contribution in [3.63, 3.8) is 0 Å². The molecule has 4 aromatic rings. The largest absolute Gasteiger partial charge is 0.497 e. The van der Waals surface area contributed by atoms with Gasteiger partial charge in [0.05, 0.1) is 13.2 Å². The minimum Gasteiger partial charge on any atom is -0.497 e. The van der Waals surface area contributed by atoms with E-state index in [2.05, 4.69) is 84.2 Å². The molecule has 2 heteroatoms. The monoisotopic (exact) mass is 339 g/mol. The first-order chi connectivity index (χ1) is 12.8. The second-order valence-electron chi connectivity index (χ2n) is 6.32. The molecule has 1 unspecified atom stereocenters. The van der Waals surface area contributed by atoms with Gasteiger partial charge in [-0.3, -0.25) is 0 Å². The average Bonchev–Trinajstić information content (AvgIpc) is 2.73. The van der Waals surface area contributed by atoms with Crippen molar-refractivity contribution >= 4 is 16.5 Å². The molecule has 4 aromatic carbocycles. The van der Waals surface area contributed by atoms with Crippen LogP contribution >= 0.6 is 0 Å². The van der Waals surface area contributed by atoms with Gasteiger partial charge < -0.3 is 10.1 Å². The lowest BCUT2D eigenvalue weighted by molar-refractivity contribution is 0.415. The highest BCUT2D eigenvalue weighted by molar-refractivity contribution is 5.83. The van der Waals surface area contributed by atoms with E-state index in [1.54, 1.807) is 7.11 Å². The first-order valence-electron chi connectivity index (χ1n) is 8.78. The van der Waals surface area contributed by atoms with Crippen LogP contribution < -0.4 is 10.1 Å². The third-order valence-corrected chi connectivity index (χ3v) is 4.64. The van der Waals surface area contributed by atoms with Crippen molar-refractivity contribution in [3.05, 3.63) is 108 Å². The van der Waals surface area contributed by atoms with Crippen LogP contribution in [0.25, 0.3) is 10.8 Å². The summed E-state index contributed by atoms with van der Waals surface area (Å²) in [6.45, 7) is 0. The van der Waals surface area contributed by atoms with E-state index in [0.717, 1.165) is 11.4 Å². The van der Waals surface area contributed by atoms with Crippen molar-refractivity contribution in [1.29, 1.82) is 0 Å². The minimum absolute atomic E-state index is 0.0780. The fourth-order valence-electron chi connectivity index (χ4n) is 3.25. The third kappa shape index (κ3) is 3.40. The SMILES string of the molecule is COc1ccc(NC(c2ccccc2)c2ccc3ccccc3c2)cc1. The molecular weight excluding hydrogens is 318 g/mol. The van der Waals surface area contributed by atoms with E-state index in [-0.39, 0.29) is 6.04 Å². The van der Waals surface area contributed by atoms with Crippen LogP contribution in [0.1, 0.15) is 17.2 Å². The predicted octanol–water partition coefficient (Wildman–Crippen LogP) is 6.05. The Morgan fingerprint density at radius 3 is 2.08 bits per heavy atom. The molecule has 0 aliphatic rings. The highest BCUT2D eigenvalue weighted by atomic mass is 16.5. The molecule has 0 fully saturated rings. The van der Waals surface area contributed by atoms with Crippen molar-refractivity contribution < 1.29 is 4.74 Å². The van der Waals surface area contributed by atoms with Gasteiger partial charge in [0.1, 0.15) is 5.75 Å². The molecule has 0 spiro atoms. The molecule has 0 saturated heterocycles. The number of hydrogen-bond acceptors (Lipinski definition) is 2. The zero-order chi connectivity index (χ0) is 17.8. The highest BCUT2D eigenvalue weighted by Crippen LogP contribution is 2.29. The molecule has 0 saturated carbocycles. The Labute approximate surface area is 154 Å². The van der Waals surface area contributed by atoms with E-state index in [0.29, 0.717) is 0 Å². The van der Waals surface area contributed by atoms with Crippen molar-refractivity contribution in [1.82, 2.24) is 0 Å². The number of benzene rings is 4. The van der Waals surface area contributed by atoms with Gasteiger partial charge in [0, 0.05) is 5.69 Å². The van der Waals surface area contributed by atoms with Gasteiger partial charge in [0.2, 0.25) is 0 Å². The van der Waals surface area contributed by atoms with E-state index in [1.807, 2.05) is 18.2 Å². The number of anilines is 1. The van der Waals surface area contributed by atoms with Gasteiger partial charge in [-0.25, -0.2) is 0 Å². The number of fused-ring (bicyclic) bond motifs is 1. The van der Waals surface area contributed by atoms with Gasteiger partial charge in [0.25, 0.3) is 0 Å². The molecule has 0 aliphatic heterocycles. The van der Waals surface area contributed by atoms with Crippen LogP contribution in [-0.4, -0.2) is 7.11 Å². The first-order valence-corrected chi connectivity index (χ1v) is 8.78. The maximum Gasteiger partial charge on any atom is 0.119 e. The Hall–Kier alpha value is -3.26. The fourth-order valence-corrected chi connectivity index (χ4v) is 3.25. The zero-order valence-corrected chi connectivity index (χ0v) is 14.7. The van der Waals surface area contributed by atoms with E-state index < -0.39 is 0 Å². The molecule has 0 bridgehead atoms. The van der Waals surface area contributed by atoms with Crippen LogP contribution in [0.4, 0.5) is 5.69 Å². The zero-order valence-electron chi connectivity index (χ0n) is 14.7. The lowest BCUT2D eigenvalue weighted by atomic mass is 9.96. The molecule has 0 aliphatic carbocycles. The van der Waals surface area contributed by atoms with Crippen LogP contribution in [0.5, 0.6) is 5.75 Å². The number of methoxy groups -OCH3 is 1. The van der Waals surface area contributed by atoms with Gasteiger partial charge in [0.15, 0.2) is 0 Å². The summed E-state index contributed by atoms with van der Waals surface area (Å²) >= 11 is 0. The molecule has 2 nitrogen and oxygen atoms in total. The Balaban J connectivity index is 1.74. The highest BCUT2D eigenvalue weighted by Gasteiger charge is 2.14. The lowest BCUT2D eigenvalue weighted by Crippen LogP contribution is -2.12. The van der Waals surface area contributed by atoms with Crippen LogP contribution in [0.3, 0.4) is 0 Å². The Kier molecular flexibility index (Phi) is 4.57. The number of rotatable bonds is 5. The lowest BCUT2D eigenvalue weighted by Gasteiger charge is -2.22. The molecule has 0 heterocycles. The molecule has 0 aromatic heterocycles. The van der Waals surface area contributed by atoms with Crippen molar-refractivity contribution in [2.75, 3.05) is 12.4 Å². The summed E-state index contributed by atoms with van der Waals surface area (Å²) in [5.41, 5.74) is 3.54. The van der Waals surface area contributed by atoms with E-state index in [1.165, 1.54) is 21.9 Å². The normalized spacial score (nSPS) is 11.9. The number of hydrogen-bond donors (Lipinski definition) is 1. The second-order valence-corrected chi connectivity index (χ2v) is 6.32.